The van der Waals surface area contributed by atoms with Crippen LogP contribution in [-0.4, -0.2) is 53.0 Å². The molecule has 3 fully saturated rings. The third-order valence-electron chi connectivity index (χ3n) is 6.38. The van der Waals surface area contributed by atoms with Crippen molar-refractivity contribution in [1.82, 2.24) is 10.2 Å². The number of carbonyl (C=O) groups excluding carboxylic acids is 1. The Kier molecular flexibility index (Phi) is 9.37. The van der Waals surface area contributed by atoms with E-state index in [-0.39, 0.29) is 47.7 Å². The number of rotatable bonds is 4. The third kappa shape index (κ3) is 5.41. The second-order valence-electron chi connectivity index (χ2n) is 8.05. The molecule has 4 nitrogen and oxygen atoms in total. The van der Waals surface area contributed by atoms with Crippen molar-refractivity contribution in [3.05, 3.63) is 0 Å². The van der Waals surface area contributed by atoms with Crippen LogP contribution in [0.25, 0.3) is 0 Å². The molecule has 1 heterocycles. The van der Waals surface area contributed by atoms with Gasteiger partial charge in [0.25, 0.3) is 0 Å². The fourth-order valence-electron chi connectivity index (χ4n) is 4.84. The first-order chi connectivity index (χ1) is 11.0. The zero-order chi connectivity index (χ0) is 16.3. The van der Waals surface area contributed by atoms with Crippen LogP contribution in [0.1, 0.15) is 58.3 Å². The van der Waals surface area contributed by atoms with Crippen molar-refractivity contribution in [1.29, 1.82) is 0 Å². The van der Waals surface area contributed by atoms with E-state index in [1.54, 1.807) is 0 Å². The Labute approximate surface area is 169 Å². The summed E-state index contributed by atoms with van der Waals surface area (Å²) in [5.41, 5.74) is 6.30. The standard InChI is InChI=1S/C18H33N3OS.2ClH/c1-17(19)7-3-2-6-15(17)16(22)20-14-18(8-4-5-9-18)21-10-12-23-13-11-21;;/h15H,2-14,19H2,1H3,(H,20,22);2*1H. The van der Waals surface area contributed by atoms with E-state index in [0.717, 1.165) is 32.2 Å². The highest BCUT2D eigenvalue weighted by Gasteiger charge is 2.42. The SMILES string of the molecule is CC1(N)CCCCC1C(=O)NCC1(N2CCSCC2)CCCC1.Cl.Cl. The van der Waals surface area contributed by atoms with Crippen LogP contribution in [0.5, 0.6) is 0 Å². The second kappa shape index (κ2) is 10.0. The van der Waals surface area contributed by atoms with E-state index >= 15 is 0 Å². The summed E-state index contributed by atoms with van der Waals surface area (Å²) in [5, 5.41) is 3.32. The number of amides is 1. The van der Waals surface area contributed by atoms with Crippen LogP contribution in [-0.2, 0) is 4.79 Å². The molecule has 2 unspecified atom stereocenters. The van der Waals surface area contributed by atoms with E-state index in [1.165, 1.54) is 50.3 Å². The van der Waals surface area contributed by atoms with Crippen LogP contribution >= 0.6 is 36.6 Å². The quantitative estimate of drug-likeness (QED) is 0.745. The zero-order valence-electron chi connectivity index (χ0n) is 15.4. The van der Waals surface area contributed by atoms with Crippen molar-refractivity contribution in [3.63, 3.8) is 0 Å². The maximum atomic E-state index is 12.8. The first-order valence-corrected chi connectivity index (χ1v) is 10.6. The van der Waals surface area contributed by atoms with Gasteiger partial charge in [-0.05, 0) is 32.6 Å². The minimum Gasteiger partial charge on any atom is -0.354 e. The van der Waals surface area contributed by atoms with Crippen molar-refractivity contribution < 1.29 is 4.79 Å². The molecule has 0 spiro atoms. The molecular formula is C18H35Cl2N3OS. The van der Waals surface area contributed by atoms with E-state index in [0.29, 0.717) is 0 Å². The Balaban J connectivity index is 0.00000156. The van der Waals surface area contributed by atoms with Gasteiger partial charge in [0.05, 0.1) is 5.92 Å². The van der Waals surface area contributed by atoms with Gasteiger partial charge in [0, 0.05) is 42.2 Å². The number of nitrogens with zero attached hydrogens (tertiary/aromatic N) is 1. The number of halogens is 2. The lowest BCUT2D eigenvalue weighted by Crippen LogP contribution is -2.59. The molecule has 0 aromatic carbocycles. The predicted octanol–water partition coefficient (Wildman–Crippen LogP) is 3.22. The average Bonchev–Trinajstić information content (AvgIpc) is 3.03. The molecule has 2 atom stereocenters. The largest absolute Gasteiger partial charge is 0.354 e. The summed E-state index contributed by atoms with van der Waals surface area (Å²) in [6, 6.07) is 0. The van der Waals surface area contributed by atoms with Crippen molar-refractivity contribution in [3.8, 4) is 0 Å². The van der Waals surface area contributed by atoms with E-state index in [4.69, 9.17) is 5.73 Å². The topological polar surface area (TPSA) is 58.4 Å². The molecule has 2 saturated carbocycles. The van der Waals surface area contributed by atoms with E-state index in [2.05, 4.69) is 28.9 Å². The number of nitrogens with two attached hydrogens (primary N) is 1. The van der Waals surface area contributed by atoms with Gasteiger partial charge in [-0.3, -0.25) is 9.69 Å². The molecule has 3 N–H and O–H groups in total. The molecule has 0 aromatic heterocycles. The molecule has 1 saturated heterocycles. The Bertz CT molecular complexity index is 425. The Morgan fingerprint density at radius 3 is 2.32 bits per heavy atom. The highest BCUT2D eigenvalue weighted by Crippen LogP contribution is 2.37. The van der Waals surface area contributed by atoms with E-state index in [9.17, 15) is 4.79 Å². The molecule has 148 valence electrons. The summed E-state index contributed by atoms with van der Waals surface area (Å²) in [7, 11) is 0. The number of hydrogen-bond acceptors (Lipinski definition) is 4. The molecule has 0 aromatic rings. The molecule has 7 heteroatoms. The summed E-state index contributed by atoms with van der Waals surface area (Å²) in [5.74, 6) is 2.66. The highest BCUT2D eigenvalue weighted by molar-refractivity contribution is 7.99. The van der Waals surface area contributed by atoms with Crippen LogP contribution in [0.4, 0.5) is 0 Å². The first-order valence-electron chi connectivity index (χ1n) is 9.43. The van der Waals surface area contributed by atoms with Crippen molar-refractivity contribution >= 4 is 42.5 Å². The molecule has 0 radical (unpaired) electrons. The highest BCUT2D eigenvalue weighted by atomic mass is 35.5. The monoisotopic (exact) mass is 411 g/mol. The number of thioether (sulfide) groups is 1. The van der Waals surface area contributed by atoms with Gasteiger partial charge < -0.3 is 11.1 Å². The Hall–Kier alpha value is 0.320. The van der Waals surface area contributed by atoms with E-state index in [1.807, 2.05) is 0 Å². The Morgan fingerprint density at radius 1 is 1.12 bits per heavy atom. The summed E-state index contributed by atoms with van der Waals surface area (Å²) in [4.78, 5) is 15.4. The van der Waals surface area contributed by atoms with Gasteiger partial charge in [0.15, 0.2) is 0 Å². The number of nitrogens with one attached hydrogen (secondary N) is 1. The summed E-state index contributed by atoms with van der Waals surface area (Å²) in [6.07, 6.45) is 9.30. The molecule has 3 aliphatic rings. The van der Waals surface area contributed by atoms with Crippen LogP contribution in [0, 0.1) is 5.92 Å². The van der Waals surface area contributed by atoms with Crippen LogP contribution < -0.4 is 11.1 Å². The maximum absolute atomic E-state index is 12.8. The maximum Gasteiger partial charge on any atom is 0.225 e. The molecule has 2 aliphatic carbocycles. The van der Waals surface area contributed by atoms with Crippen LogP contribution in [0.3, 0.4) is 0 Å². The van der Waals surface area contributed by atoms with Gasteiger partial charge in [-0.2, -0.15) is 11.8 Å². The minimum atomic E-state index is -0.326. The normalized spacial score (nSPS) is 32.3. The van der Waals surface area contributed by atoms with Gasteiger partial charge in [-0.15, -0.1) is 24.8 Å². The fourth-order valence-corrected chi connectivity index (χ4v) is 5.74. The minimum absolute atomic E-state index is 0. The van der Waals surface area contributed by atoms with Gasteiger partial charge in [-0.25, -0.2) is 0 Å². The number of hydrogen-bond donors (Lipinski definition) is 2. The van der Waals surface area contributed by atoms with Gasteiger partial charge in [0.1, 0.15) is 0 Å². The lowest BCUT2D eigenvalue weighted by Gasteiger charge is -2.44. The van der Waals surface area contributed by atoms with Gasteiger partial charge >= 0.3 is 0 Å². The van der Waals surface area contributed by atoms with Crippen molar-refractivity contribution in [2.24, 2.45) is 11.7 Å². The van der Waals surface area contributed by atoms with Crippen molar-refractivity contribution in [2.45, 2.75) is 69.4 Å². The third-order valence-corrected chi connectivity index (χ3v) is 7.32. The van der Waals surface area contributed by atoms with E-state index < -0.39 is 0 Å². The van der Waals surface area contributed by atoms with Crippen LogP contribution in [0.2, 0.25) is 0 Å². The predicted molar refractivity (Wildman–Crippen MR) is 112 cm³/mol. The summed E-state index contributed by atoms with van der Waals surface area (Å²) in [6.45, 7) is 5.24. The molecule has 1 amide bonds. The van der Waals surface area contributed by atoms with Gasteiger partial charge in [0.2, 0.25) is 5.91 Å². The smallest absolute Gasteiger partial charge is 0.225 e. The summed E-state index contributed by atoms with van der Waals surface area (Å²) < 4.78 is 0. The lowest BCUT2D eigenvalue weighted by molar-refractivity contribution is -0.128. The summed E-state index contributed by atoms with van der Waals surface area (Å²) >= 11 is 2.06. The first kappa shape index (κ1) is 23.4. The average molecular weight is 412 g/mol. The number of carbonyl (C=O) groups is 1. The lowest BCUT2D eigenvalue weighted by atomic mass is 9.74. The van der Waals surface area contributed by atoms with Crippen molar-refractivity contribution in [2.75, 3.05) is 31.1 Å². The molecule has 1 aliphatic heterocycles. The zero-order valence-corrected chi connectivity index (χ0v) is 17.9. The molecule has 0 bridgehead atoms. The fraction of sp³-hybridized carbons (Fsp3) is 0.944. The molecule has 25 heavy (non-hydrogen) atoms. The second-order valence-corrected chi connectivity index (χ2v) is 9.28. The molecule has 3 rings (SSSR count). The van der Waals surface area contributed by atoms with Gasteiger partial charge in [-0.1, -0.05) is 25.7 Å². The molecular weight excluding hydrogens is 377 g/mol. The van der Waals surface area contributed by atoms with Crippen LogP contribution in [0.15, 0.2) is 0 Å². The Morgan fingerprint density at radius 2 is 1.72 bits per heavy atom.